The summed E-state index contributed by atoms with van der Waals surface area (Å²) in [6.45, 7) is 3.48. The lowest BCUT2D eigenvalue weighted by molar-refractivity contribution is 0.413. The molecular formula is C15H16ClNO3S. The van der Waals surface area contributed by atoms with Gasteiger partial charge in [-0.25, -0.2) is 8.42 Å². The number of sulfonamides is 1. The summed E-state index contributed by atoms with van der Waals surface area (Å²) in [7, 11) is -2.13. The van der Waals surface area contributed by atoms with Crippen LogP contribution >= 0.6 is 11.6 Å². The van der Waals surface area contributed by atoms with Crippen molar-refractivity contribution in [3.8, 4) is 5.75 Å². The van der Waals surface area contributed by atoms with Crippen LogP contribution in [0.5, 0.6) is 5.75 Å². The molecule has 0 atom stereocenters. The fourth-order valence-corrected chi connectivity index (χ4v) is 3.91. The topological polar surface area (TPSA) is 55.4 Å². The minimum atomic E-state index is -3.68. The number of hydrogen-bond donors (Lipinski definition) is 1. The average Bonchev–Trinajstić information content (AvgIpc) is 2.36. The van der Waals surface area contributed by atoms with Gasteiger partial charge >= 0.3 is 0 Å². The third-order valence-electron chi connectivity index (χ3n) is 3.02. The molecule has 0 aliphatic rings. The summed E-state index contributed by atoms with van der Waals surface area (Å²) < 4.78 is 32.8. The third kappa shape index (κ3) is 3.49. The van der Waals surface area contributed by atoms with E-state index in [1.165, 1.54) is 0 Å². The molecule has 1 N–H and O–H groups in total. The van der Waals surface area contributed by atoms with Crippen molar-refractivity contribution in [3.63, 3.8) is 0 Å². The lowest BCUT2D eigenvalue weighted by Crippen LogP contribution is -2.15. The molecule has 0 amide bonds. The predicted molar refractivity (Wildman–Crippen MR) is 84.7 cm³/mol. The molecule has 6 heteroatoms. The quantitative estimate of drug-likeness (QED) is 0.931. The van der Waals surface area contributed by atoms with Crippen LogP contribution < -0.4 is 9.46 Å². The van der Waals surface area contributed by atoms with Gasteiger partial charge in [0, 0.05) is 5.02 Å². The Morgan fingerprint density at radius 2 is 1.71 bits per heavy atom. The van der Waals surface area contributed by atoms with E-state index in [2.05, 4.69) is 4.72 Å². The number of rotatable bonds is 4. The van der Waals surface area contributed by atoms with E-state index in [1.54, 1.807) is 57.4 Å². The van der Waals surface area contributed by atoms with Gasteiger partial charge in [0.15, 0.2) is 0 Å². The molecule has 2 rings (SSSR count). The van der Waals surface area contributed by atoms with Crippen molar-refractivity contribution < 1.29 is 13.2 Å². The number of benzene rings is 2. The molecular weight excluding hydrogens is 310 g/mol. The molecule has 0 spiro atoms. The zero-order chi connectivity index (χ0) is 15.6. The van der Waals surface area contributed by atoms with E-state index < -0.39 is 10.0 Å². The van der Waals surface area contributed by atoms with Gasteiger partial charge in [-0.2, -0.15) is 0 Å². The van der Waals surface area contributed by atoms with Crippen LogP contribution in [0.3, 0.4) is 0 Å². The molecule has 0 radical (unpaired) electrons. The normalized spacial score (nSPS) is 11.2. The first-order valence-corrected chi connectivity index (χ1v) is 8.13. The van der Waals surface area contributed by atoms with Crippen molar-refractivity contribution in [1.82, 2.24) is 0 Å². The summed E-state index contributed by atoms with van der Waals surface area (Å²) in [5.74, 6) is 0.631. The molecule has 0 fully saturated rings. The summed E-state index contributed by atoms with van der Waals surface area (Å²) in [6.07, 6.45) is 0. The molecule has 0 aliphatic carbocycles. The van der Waals surface area contributed by atoms with Gasteiger partial charge in [0.25, 0.3) is 10.0 Å². The SMILES string of the molecule is COc1cc(C)c(S(=O)(=O)Nc2cccc(Cl)c2)c(C)c1. The molecule has 0 aliphatic heterocycles. The van der Waals surface area contributed by atoms with Crippen LogP contribution in [0.2, 0.25) is 5.02 Å². The van der Waals surface area contributed by atoms with E-state index in [1.807, 2.05) is 0 Å². The molecule has 0 saturated carbocycles. The maximum absolute atomic E-state index is 12.6. The first kappa shape index (κ1) is 15.7. The molecule has 4 nitrogen and oxygen atoms in total. The maximum atomic E-state index is 12.6. The van der Waals surface area contributed by atoms with Crippen molar-refractivity contribution >= 4 is 27.3 Å². The second-order valence-electron chi connectivity index (χ2n) is 4.71. The number of halogens is 1. The molecule has 2 aromatic carbocycles. The Labute approximate surface area is 129 Å². The molecule has 0 saturated heterocycles. The predicted octanol–water partition coefficient (Wildman–Crippen LogP) is 3.77. The highest BCUT2D eigenvalue weighted by Gasteiger charge is 2.20. The Hall–Kier alpha value is -1.72. The Morgan fingerprint density at radius 3 is 2.24 bits per heavy atom. The summed E-state index contributed by atoms with van der Waals surface area (Å²) in [5.41, 5.74) is 1.68. The van der Waals surface area contributed by atoms with Gasteiger partial charge in [-0.1, -0.05) is 17.7 Å². The smallest absolute Gasteiger partial charge is 0.262 e. The van der Waals surface area contributed by atoms with Gasteiger partial charge in [0.1, 0.15) is 5.75 Å². The van der Waals surface area contributed by atoms with Crippen LogP contribution in [-0.4, -0.2) is 15.5 Å². The number of hydrogen-bond acceptors (Lipinski definition) is 3. The highest BCUT2D eigenvalue weighted by molar-refractivity contribution is 7.92. The zero-order valence-electron chi connectivity index (χ0n) is 12.0. The van der Waals surface area contributed by atoms with Gasteiger partial charge in [0.2, 0.25) is 0 Å². The van der Waals surface area contributed by atoms with Crippen molar-refractivity contribution in [3.05, 3.63) is 52.5 Å². The van der Waals surface area contributed by atoms with Gasteiger partial charge in [-0.15, -0.1) is 0 Å². The van der Waals surface area contributed by atoms with Crippen LogP contribution in [0, 0.1) is 13.8 Å². The first-order chi connectivity index (χ1) is 9.83. The van der Waals surface area contributed by atoms with Crippen LogP contribution in [0.15, 0.2) is 41.3 Å². The minimum Gasteiger partial charge on any atom is -0.497 e. The highest BCUT2D eigenvalue weighted by atomic mass is 35.5. The summed E-state index contributed by atoms with van der Waals surface area (Å²) in [5, 5.41) is 0.471. The van der Waals surface area contributed by atoms with E-state index in [0.29, 0.717) is 27.6 Å². The molecule has 112 valence electrons. The Balaban J connectivity index is 2.45. The number of aryl methyl sites for hydroxylation is 2. The zero-order valence-corrected chi connectivity index (χ0v) is 13.5. The Morgan fingerprint density at radius 1 is 1.10 bits per heavy atom. The van der Waals surface area contributed by atoms with Gasteiger partial charge < -0.3 is 4.74 Å². The van der Waals surface area contributed by atoms with Gasteiger partial charge in [-0.3, -0.25) is 4.72 Å². The van der Waals surface area contributed by atoms with Crippen LogP contribution in [0.1, 0.15) is 11.1 Å². The van der Waals surface area contributed by atoms with Crippen LogP contribution in [0.4, 0.5) is 5.69 Å². The number of methoxy groups -OCH3 is 1. The lowest BCUT2D eigenvalue weighted by atomic mass is 10.1. The van der Waals surface area contributed by atoms with Crippen molar-refractivity contribution in [1.29, 1.82) is 0 Å². The summed E-state index contributed by atoms with van der Waals surface area (Å²) in [6, 6.07) is 9.97. The van der Waals surface area contributed by atoms with Crippen molar-refractivity contribution in [2.75, 3.05) is 11.8 Å². The largest absolute Gasteiger partial charge is 0.497 e. The summed E-state index contributed by atoms with van der Waals surface area (Å²) in [4.78, 5) is 0.253. The molecule has 0 aromatic heterocycles. The lowest BCUT2D eigenvalue weighted by Gasteiger charge is -2.14. The standard InChI is InChI=1S/C15H16ClNO3S/c1-10-7-14(20-3)8-11(2)15(10)21(18,19)17-13-6-4-5-12(16)9-13/h4-9,17H,1-3H3. The van der Waals surface area contributed by atoms with E-state index in [0.717, 1.165) is 0 Å². The fraction of sp³-hybridized carbons (Fsp3) is 0.200. The minimum absolute atomic E-state index is 0.253. The van der Waals surface area contributed by atoms with E-state index in [4.69, 9.17) is 16.3 Å². The first-order valence-electron chi connectivity index (χ1n) is 6.27. The van der Waals surface area contributed by atoms with Crippen LogP contribution in [0.25, 0.3) is 0 Å². The number of nitrogens with one attached hydrogen (secondary N) is 1. The monoisotopic (exact) mass is 325 g/mol. The van der Waals surface area contributed by atoms with Crippen molar-refractivity contribution in [2.45, 2.75) is 18.7 Å². The van der Waals surface area contributed by atoms with Crippen molar-refractivity contribution in [2.24, 2.45) is 0 Å². The highest BCUT2D eigenvalue weighted by Crippen LogP contribution is 2.27. The average molecular weight is 326 g/mol. The van der Waals surface area contributed by atoms with E-state index in [-0.39, 0.29) is 4.90 Å². The molecule has 0 heterocycles. The maximum Gasteiger partial charge on any atom is 0.262 e. The second-order valence-corrected chi connectivity index (χ2v) is 6.76. The Kier molecular flexibility index (Phi) is 4.44. The molecule has 0 unspecified atom stereocenters. The molecule has 0 bridgehead atoms. The fourth-order valence-electron chi connectivity index (χ4n) is 2.21. The van der Waals surface area contributed by atoms with E-state index in [9.17, 15) is 8.42 Å². The molecule has 21 heavy (non-hydrogen) atoms. The third-order valence-corrected chi connectivity index (χ3v) is 4.94. The number of anilines is 1. The Bertz CT molecular complexity index is 749. The molecule has 2 aromatic rings. The van der Waals surface area contributed by atoms with Gasteiger partial charge in [0.05, 0.1) is 17.7 Å². The van der Waals surface area contributed by atoms with E-state index >= 15 is 0 Å². The summed E-state index contributed by atoms with van der Waals surface area (Å²) >= 11 is 5.87. The van der Waals surface area contributed by atoms with Crippen LogP contribution in [-0.2, 0) is 10.0 Å². The van der Waals surface area contributed by atoms with Gasteiger partial charge in [-0.05, 0) is 55.3 Å². The number of ether oxygens (including phenoxy) is 1. The second kappa shape index (κ2) is 5.95.